The Morgan fingerprint density at radius 3 is 2.80 bits per heavy atom. The molecule has 1 aromatic carbocycles. The van der Waals surface area contributed by atoms with Gasteiger partial charge in [0.25, 0.3) is 0 Å². The van der Waals surface area contributed by atoms with Crippen LogP contribution in [0.3, 0.4) is 0 Å². The summed E-state index contributed by atoms with van der Waals surface area (Å²) >= 11 is 0. The number of carbonyl (C=O) groups excluding carboxylic acids is 1. The number of anilines is 2. The van der Waals surface area contributed by atoms with Crippen LogP contribution in [0.2, 0.25) is 0 Å². The fraction of sp³-hybridized carbons (Fsp3) is 0.143. The molecule has 3 aromatic heterocycles. The molecule has 1 amide bonds. The van der Waals surface area contributed by atoms with E-state index in [9.17, 15) is 9.18 Å². The van der Waals surface area contributed by atoms with Crippen molar-refractivity contribution in [1.29, 1.82) is 0 Å². The quantitative estimate of drug-likeness (QED) is 0.561. The molecule has 1 aliphatic rings. The van der Waals surface area contributed by atoms with Crippen LogP contribution in [0.5, 0.6) is 0 Å². The van der Waals surface area contributed by atoms with E-state index in [1.54, 1.807) is 41.2 Å². The first kappa shape index (κ1) is 18.0. The van der Waals surface area contributed by atoms with E-state index < -0.39 is 6.09 Å². The summed E-state index contributed by atoms with van der Waals surface area (Å²) in [5.74, 6) is -0.303. The van der Waals surface area contributed by atoms with Gasteiger partial charge in [0.1, 0.15) is 18.1 Å². The van der Waals surface area contributed by atoms with Crippen LogP contribution in [-0.4, -0.2) is 39.0 Å². The Bertz CT molecular complexity index is 1270. The Morgan fingerprint density at radius 2 is 2.03 bits per heavy atom. The number of benzene rings is 1. The maximum Gasteiger partial charge on any atom is 0.414 e. The van der Waals surface area contributed by atoms with Crippen LogP contribution in [0.4, 0.5) is 20.6 Å². The molecule has 0 radical (unpaired) electrons. The average Bonchev–Trinajstić information content (AvgIpc) is 3.34. The summed E-state index contributed by atoms with van der Waals surface area (Å²) in [7, 11) is 0. The van der Waals surface area contributed by atoms with Gasteiger partial charge in [-0.15, -0.1) is 0 Å². The highest BCUT2D eigenvalue weighted by atomic mass is 19.1. The summed E-state index contributed by atoms with van der Waals surface area (Å²) < 4.78 is 20.8. The third-order valence-corrected chi connectivity index (χ3v) is 4.99. The van der Waals surface area contributed by atoms with Crippen LogP contribution in [-0.2, 0) is 11.3 Å². The van der Waals surface area contributed by atoms with Crippen molar-refractivity contribution in [1.82, 2.24) is 19.7 Å². The van der Waals surface area contributed by atoms with E-state index in [4.69, 9.17) is 10.5 Å². The molecule has 0 spiro atoms. The molecule has 0 bridgehead atoms. The summed E-state index contributed by atoms with van der Waals surface area (Å²) in [6, 6.07) is 11.9. The highest BCUT2D eigenvalue weighted by Gasteiger charge is 2.26. The zero-order valence-electron chi connectivity index (χ0n) is 15.8. The first-order valence-corrected chi connectivity index (χ1v) is 9.37. The van der Waals surface area contributed by atoms with Gasteiger partial charge < -0.3 is 10.5 Å². The summed E-state index contributed by atoms with van der Waals surface area (Å²) in [4.78, 5) is 22.2. The molecule has 4 heterocycles. The average molecular weight is 404 g/mol. The Kier molecular flexibility index (Phi) is 4.27. The normalized spacial score (nSPS) is 13.8. The van der Waals surface area contributed by atoms with Crippen molar-refractivity contribution in [2.24, 2.45) is 0 Å². The smallest absolute Gasteiger partial charge is 0.414 e. The Labute approximate surface area is 170 Å². The molecular weight excluding hydrogens is 387 g/mol. The second kappa shape index (κ2) is 7.11. The van der Waals surface area contributed by atoms with Crippen LogP contribution < -0.4 is 10.6 Å². The van der Waals surface area contributed by atoms with E-state index in [1.165, 1.54) is 17.2 Å². The Morgan fingerprint density at radius 1 is 1.17 bits per heavy atom. The lowest BCUT2D eigenvalue weighted by molar-refractivity contribution is 0.181. The number of ether oxygens (including phenoxy) is 1. The van der Waals surface area contributed by atoms with Crippen molar-refractivity contribution in [3.63, 3.8) is 0 Å². The standard InChI is InChI=1S/C21H17FN6O2/c22-15-6-2-1-4-13(15)12-28-20-14(5-3-7-24-20)19(26-28)17-10-16(23)18(11-25-17)27-8-9-30-21(27)29/h1-7,10-11H,8-9,12H2,(H2,23,25). The van der Waals surface area contributed by atoms with E-state index in [-0.39, 0.29) is 12.4 Å². The molecule has 0 atom stereocenters. The van der Waals surface area contributed by atoms with Crippen LogP contribution in [0.25, 0.3) is 22.4 Å². The van der Waals surface area contributed by atoms with E-state index >= 15 is 0 Å². The molecular formula is C21H17FN6O2. The number of cyclic esters (lactones) is 1. The number of carbonyl (C=O) groups is 1. The van der Waals surface area contributed by atoms with Gasteiger partial charge in [-0.25, -0.2) is 18.9 Å². The zero-order valence-corrected chi connectivity index (χ0v) is 15.8. The molecule has 1 fully saturated rings. The molecule has 150 valence electrons. The molecule has 0 unspecified atom stereocenters. The molecule has 9 heteroatoms. The second-order valence-corrected chi connectivity index (χ2v) is 6.87. The van der Waals surface area contributed by atoms with Gasteiger partial charge in [0, 0.05) is 17.1 Å². The number of hydrogen-bond donors (Lipinski definition) is 1. The van der Waals surface area contributed by atoms with Gasteiger partial charge in [-0.05, 0) is 24.3 Å². The summed E-state index contributed by atoms with van der Waals surface area (Å²) in [5.41, 5.74) is 9.33. The lowest BCUT2D eigenvalue weighted by atomic mass is 10.1. The second-order valence-electron chi connectivity index (χ2n) is 6.87. The molecule has 0 aliphatic carbocycles. The number of pyridine rings is 2. The predicted octanol–water partition coefficient (Wildman–Crippen LogP) is 3.22. The van der Waals surface area contributed by atoms with Gasteiger partial charge in [0.05, 0.1) is 36.4 Å². The number of nitrogens with zero attached hydrogens (tertiary/aromatic N) is 5. The molecule has 2 N–H and O–H groups in total. The number of nitrogen functional groups attached to an aromatic ring is 1. The number of amides is 1. The van der Waals surface area contributed by atoms with Crippen LogP contribution in [0.15, 0.2) is 54.9 Å². The highest BCUT2D eigenvalue weighted by molar-refractivity contribution is 5.95. The summed E-state index contributed by atoms with van der Waals surface area (Å²) in [6.07, 6.45) is 2.75. The fourth-order valence-electron chi connectivity index (χ4n) is 3.53. The number of rotatable bonds is 4. The minimum Gasteiger partial charge on any atom is -0.447 e. The fourth-order valence-corrected chi connectivity index (χ4v) is 3.53. The minimum absolute atomic E-state index is 0.230. The highest BCUT2D eigenvalue weighted by Crippen LogP contribution is 2.31. The molecule has 0 saturated carbocycles. The molecule has 30 heavy (non-hydrogen) atoms. The van der Waals surface area contributed by atoms with Crippen molar-refractivity contribution in [2.75, 3.05) is 23.8 Å². The lowest BCUT2D eigenvalue weighted by Gasteiger charge is -2.15. The lowest BCUT2D eigenvalue weighted by Crippen LogP contribution is -2.24. The van der Waals surface area contributed by atoms with Gasteiger partial charge in [-0.3, -0.25) is 9.88 Å². The third-order valence-electron chi connectivity index (χ3n) is 4.99. The van der Waals surface area contributed by atoms with Crippen molar-refractivity contribution in [2.45, 2.75) is 6.54 Å². The van der Waals surface area contributed by atoms with Gasteiger partial charge >= 0.3 is 6.09 Å². The largest absolute Gasteiger partial charge is 0.447 e. The monoisotopic (exact) mass is 404 g/mol. The summed E-state index contributed by atoms with van der Waals surface area (Å²) in [6.45, 7) is 0.971. The number of aromatic nitrogens is 4. The minimum atomic E-state index is -0.444. The van der Waals surface area contributed by atoms with Crippen LogP contribution in [0, 0.1) is 5.82 Å². The SMILES string of the molecule is Nc1cc(-c2nn(Cc3ccccc3F)c3ncccc23)ncc1N1CCOC1=O. The van der Waals surface area contributed by atoms with Gasteiger partial charge in [-0.1, -0.05) is 18.2 Å². The van der Waals surface area contributed by atoms with E-state index in [0.717, 1.165) is 5.39 Å². The van der Waals surface area contributed by atoms with E-state index in [1.807, 2.05) is 6.07 Å². The van der Waals surface area contributed by atoms with Crippen LogP contribution >= 0.6 is 0 Å². The number of hydrogen-bond acceptors (Lipinski definition) is 6. The number of fused-ring (bicyclic) bond motifs is 1. The predicted molar refractivity (Wildman–Crippen MR) is 109 cm³/mol. The topological polar surface area (TPSA) is 99.2 Å². The van der Waals surface area contributed by atoms with Gasteiger partial charge in [-0.2, -0.15) is 5.10 Å². The third kappa shape index (κ3) is 3.00. The van der Waals surface area contributed by atoms with E-state index in [0.29, 0.717) is 47.1 Å². The van der Waals surface area contributed by atoms with Crippen molar-refractivity contribution in [3.05, 3.63) is 66.2 Å². The first-order chi connectivity index (χ1) is 14.6. The molecule has 5 rings (SSSR count). The summed E-state index contributed by atoms with van der Waals surface area (Å²) in [5, 5.41) is 5.42. The number of nitrogens with two attached hydrogens (primary N) is 1. The molecule has 1 aliphatic heterocycles. The molecule has 1 saturated heterocycles. The van der Waals surface area contributed by atoms with Crippen molar-refractivity contribution in [3.8, 4) is 11.4 Å². The zero-order chi connectivity index (χ0) is 20.7. The van der Waals surface area contributed by atoms with Crippen LogP contribution in [0.1, 0.15) is 5.56 Å². The maximum absolute atomic E-state index is 14.1. The van der Waals surface area contributed by atoms with E-state index in [2.05, 4.69) is 15.1 Å². The van der Waals surface area contributed by atoms with Gasteiger partial charge in [0.2, 0.25) is 0 Å². The maximum atomic E-state index is 14.1. The Balaban J connectivity index is 1.57. The number of halogens is 1. The molecule has 8 nitrogen and oxygen atoms in total. The Hall–Kier alpha value is -4.01. The van der Waals surface area contributed by atoms with Crippen molar-refractivity contribution >= 4 is 28.5 Å². The first-order valence-electron chi connectivity index (χ1n) is 9.37. The molecule has 4 aromatic rings. The van der Waals surface area contributed by atoms with Crippen molar-refractivity contribution < 1.29 is 13.9 Å². The van der Waals surface area contributed by atoms with Gasteiger partial charge in [0.15, 0.2) is 5.65 Å².